The standard InChI is InChI=1S/C16H15N3/c1-11-5-3-7-13-12(11)6-4-8-14(13)15-9-18-10-19-16(15)17-2/h3-10H,1-2H3,(H,17,18,19). The van der Waals surface area contributed by atoms with Crippen molar-refractivity contribution in [1.82, 2.24) is 9.97 Å². The second-order valence-corrected chi connectivity index (χ2v) is 4.51. The fraction of sp³-hybridized carbons (Fsp3) is 0.125. The summed E-state index contributed by atoms with van der Waals surface area (Å²) >= 11 is 0. The van der Waals surface area contributed by atoms with E-state index in [1.165, 1.54) is 16.3 Å². The van der Waals surface area contributed by atoms with Gasteiger partial charge >= 0.3 is 0 Å². The van der Waals surface area contributed by atoms with E-state index in [4.69, 9.17) is 0 Å². The van der Waals surface area contributed by atoms with Gasteiger partial charge in [-0.3, -0.25) is 0 Å². The van der Waals surface area contributed by atoms with Crippen LogP contribution in [0.25, 0.3) is 21.9 Å². The van der Waals surface area contributed by atoms with Crippen LogP contribution in [0.1, 0.15) is 5.56 Å². The molecule has 0 saturated carbocycles. The average molecular weight is 249 g/mol. The zero-order chi connectivity index (χ0) is 13.2. The summed E-state index contributed by atoms with van der Waals surface area (Å²) < 4.78 is 0. The molecule has 0 unspecified atom stereocenters. The highest BCUT2D eigenvalue weighted by molar-refractivity contribution is 6.00. The lowest BCUT2D eigenvalue weighted by Gasteiger charge is -2.11. The van der Waals surface area contributed by atoms with Gasteiger partial charge < -0.3 is 5.32 Å². The highest BCUT2D eigenvalue weighted by atomic mass is 15.0. The number of rotatable bonds is 2. The van der Waals surface area contributed by atoms with Crippen LogP contribution in [0.3, 0.4) is 0 Å². The third kappa shape index (κ3) is 1.93. The molecule has 0 atom stereocenters. The van der Waals surface area contributed by atoms with Crippen LogP contribution in [0.2, 0.25) is 0 Å². The van der Waals surface area contributed by atoms with Crippen molar-refractivity contribution in [3.63, 3.8) is 0 Å². The van der Waals surface area contributed by atoms with Crippen LogP contribution in [-0.2, 0) is 0 Å². The lowest BCUT2D eigenvalue weighted by molar-refractivity contribution is 1.16. The molecule has 0 saturated heterocycles. The maximum Gasteiger partial charge on any atom is 0.137 e. The molecular weight excluding hydrogens is 234 g/mol. The van der Waals surface area contributed by atoms with Gasteiger partial charge in [0, 0.05) is 18.8 Å². The molecule has 19 heavy (non-hydrogen) atoms. The lowest BCUT2D eigenvalue weighted by atomic mass is 9.97. The van der Waals surface area contributed by atoms with Crippen LogP contribution in [0.5, 0.6) is 0 Å². The summed E-state index contributed by atoms with van der Waals surface area (Å²) in [6, 6.07) is 12.7. The van der Waals surface area contributed by atoms with E-state index >= 15 is 0 Å². The van der Waals surface area contributed by atoms with Crippen molar-refractivity contribution in [3.8, 4) is 11.1 Å². The third-order valence-corrected chi connectivity index (χ3v) is 3.38. The Kier molecular flexibility index (Phi) is 2.88. The molecule has 2 aromatic carbocycles. The molecule has 0 aliphatic rings. The Morgan fingerprint density at radius 1 is 0.947 bits per heavy atom. The molecule has 0 aliphatic carbocycles. The molecular formula is C16H15N3. The van der Waals surface area contributed by atoms with E-state index in [1.54, 1.807) is 6.33 Å². The van der Waals surface area contributed by atoms with Gasteiger partial charge in [-0.1, -0.05) is 36.4 Å². The third-order valence-electron chi connectivity index (χ3n) is 3.38. The number of aromatic nitrogens is 2. The Balaban J connectivity index is 2.34. The number of benzene rings is 2. The van der Waals surface area contributed by atoms with Gasteiger partial charge in [-0.05, 0) is 28.8 Å². The van der Waals surface area contributed by atoms with E-state index in [2.05, 4.69) is 58.6 Å². The van der Waals surface area contributed by atoms with Crippen LogP contribution in [0, 0.1) is 6.92 Å². The first-order chi connectivity index (χ1) is 9.31. The molecule has 0 aliphatic heterocycles. The van der Waals surface area contributed by atoms with Gasteiger partial charge in [0.05, 0.1) is 0 Å². The molecule has 0 amide bonds. The zero-order valence-corrected chi connectivity index (χ0v) is 11.0. The smallest absolute Gasteiger partial charge is 0.137 e. The Labute approximate surface area is 112 Å². The van der Waals surface area contributed by atoms with Gasteiger partial charge in [0.2, 0.25) is 0 Å². The van der Waals surface area contributed by atoms with Gasteiger partial charge in [-0.15, -0.1) is 0 Å². The number of nitrogens with zero attached hydrogens (tertiary/aromatic N) is 2. The predicted octanol–water partition coefficient (Wildman–Crippen LogP) is 3.65. The molecule has 0 bridgehead atoms. The van der Waals surface area contributed by atoms with E-state index in [1.807, 2.05) is 13.2 Å². The van der Waals surface area contributed by atoms with Crippen LogP contribution in [-0.4, -0.2) is 17.0 Å². The fourth-order valence-corrected chi connectivity index (χ4v) is 2.43. The molecule has 1 N–H and O–H groups in total. The van der Waals surface area contributed by atoms with E-state index < -0.39 is 0 Å². The molecule has 0 radical (unpaired) electrons. The number of aryl methyl sites for hydroxylation is 1. The molecule has 1 aromatic heterocycles. The topological polar surface area (TPSA) is 37.8 Å². The molecule has 3 heteroatoms. The molecule has 0 fully saturated rings. The Morgan fingerprint density at radius 3 is 2.58 bits per heavy atom. The van der Waals surface area contributed by atoms with Crippen molar-refractivity contribution in [2.75, 3.05) is 12.4 Å². The van der Waals surface area contributed by atoms with Crippen molar-refractivity contribution < 1.29 is 0 Å². The number of hydrogen-bond donors (Lipinski definition) is 1. The van der Waals surface area contributed by atoms with Crippen molar-refractivity contribution in [2.45, 2.75) is 6.92 Å². The minimum absolute atomic E-state index is 0.851. The monoisotopic (exact) mass is 249 g/mol. The Morgan fingerprint density at radius 2 is 1.74 bits per heavy atom. The summed E-state index contributed by atoms with van der Waals surface area (Å²) in [7, 11) is 1.88. The number of hydrogen-bond acceptors (Lipinski definition) is 3. The zero-order valence-electron chi connectivity index (χ0n) is 11.0. The number of fused-ring (bicyclic) bond motifs is 1. The first-order valence-corrected chi connectivity index (χ1v) is 6.27. The summed E-state index contributed by atoms with van der Waals surface area (Å²) in [5.41, 5.74) is 3.47. The fourth-order valence-electron chi connectivity index (χ4n) is 2.43. The normalized spacial score (nSPS) is 10.6. The molecule has 3 aromatic rings. The van der Waals surface area contributed by atoms with E-state index in [-0.39, 0.29) is 0 Å². The van der Waals surface area contributed by atoms with Gasteiger partial charge in [-0.2, -0.15) is 0 Å². The minimum Gasteiger partial charge on any atom is -0.373 e. The predicted molar refractivity (Wildman–Crippen MR) is 79.3 cm³/mol. The summed E-state index contributed by atoms with van der Waals surface area (Å²) in [4.78, 5) is 8.43. The number of anilines is 1. The van der Waals surface area contributed by atoms with Crippen molar-refractivity contribution in [2.24, 2.45) is 0 Å². The van der Waals surface area contributed by atoms with E-state index in [0.29, 0.717) is 0 Å². The first kappa shape index (κ1) is 11.7. The maximum absolute atomic E-state index is 4.28. The SMILES string of the molecule is CNc1ncncc1-c1cccc2c(C)cccc12. The molecule has 1 heterocycles. The average Bonchev–Trinajstić information content (AvgIpc) is 2.47. The minimum atomic E-state index is 0.851. The van der Waals surface area contributed by atoms with Gasteiger partial charge in [0.1, 0.15) is 12.1 Å². The maximum atomic E-state index is 4.28. The molecule has 3 rings (SSSR count). The Bertz CT molecular complexity index is 735. The quantitative estimate of drug-likeness (QED) is 0.753. The second-order valence-electron chi connectivity index (χ2n) is 4.51. The lowest BCUT2D eigenvalue weighted by Crippen LogP contribution is -1.96. The molecule has 3 nitrogen and oxygen atoms in total. The summed E-state index contributed by atoms with van der Waals surface area (Å²) in [6.45, 7) is 2.13. The van der Waals surface area contributed by atoms with Crippen LogP contribution >= 0.6 is 0 Å². The van der Waals surface area contributed by atoms with E-state index in [9.17, 15) is 0 Å². The summed E-state index contributed by atoms with van der Waals surface area (Å²) in [5, 5.41) is 5.62. The molecule has 94 valence electrons. The van der Waals surface area contributed by atoms with Gasteiger partial charge in [0.25, 0.3) is 0 Å². The highest BCUT2D eigenvalue weighted by Gasteiger charge is 2.09. The van der Waals surface area contributed by atoms with Crippen LogP contribution < -0.4 is 5.32 Å². The first-order valence-electron chi connectivity index (χ1n) is 6.27. The van der Waals surface area contributed by atoms with Crippen molar-refractivity contribution in [1.29, 1.82) is 0 Å². The van der Waals surface area contributed by atoms with Gasteiger partial charge in [0.15, 0.2) is 0 Å². The highest BCUT2D eigenvalue weighted by Crippen LogP contribution is 2.32. The van der Waals surface area contributed by atoms with Crippen molar-refractivity contribution in [3.05, 3.63) is 54.5 Å². The summed E-state index contributed by atoms with van der Waals surface area (Å²) in [5.74, 6) is 0.851. The Hall–Kier alpha value is -2.42. The second kappa shape index (κ2) is 4.69. The summed E-state index contributed by atoms with van der Waals surface area (Å²) in [6.07, 6.45) is 3.42. The molecule has 0 spiro atoms. The van der Waals surface area contributed by atoms with Crippen molar-refractivity contribution >= 4 is 16.6 Å². The van der Waals surface area contributed by atoms with E-state index in [0.717, 1.165) is 16.9 Å². The number of nitrogens with one attached hydrogen (secondary N) is 1. The van der Waals surface area contributed by atoms with Gasteiger partial charge in [-0.25, -0.2) is 9.97 Å². The van der Waals surface area contributed by atoms with Crippen LogP contribution in [0.15, 0.2) is 48.9 Å². The van der Waals surface area contributed by atoms with Crippen LogP contribution in [0.4, 0.5) is 5.82 Å². The largest absolute Gasteiger partial charge is 0.373 e.